The lowest BCUT2D eigenvalue weighted by Gasteiger charge is -2.19. The Balaban J connectivity index is 2.59. The fourth-order valence-electron chi connectivity index (χ4n) is 1.15. The van der Waals surface area contributed by atoms with Crippen molar-refractivity contribution in [3.8, 4) is 0 Å². The van der Waals surface area contributed by atoms with Gasteiger partial charge in [-0.2, -0.15) is 8.78 Å². The minimum absolute atomic E-state index is 0.0114. The van der Waals surface area contributed by atoms with Crippen molar-refractivity contribution in [2.75, 3.05) is 13.2 Å². The highest BCUT2D eigenvalue weighted by Gasteiger charge is 2.31. The van der Waals surface area contributed by atoms with E-state index in [4.69, 9.17) is 5.11 Å². The second-order valence-electron chi connectivity index (χ2n) is 3.53. The molecule has 4 heteroatoms. The van der Waals surface area contributed by atoms with Crippen LogP contribution in [0.1, 0.15) is 12.5 Å². The van der Waals surface area contributed by atoms with E-state index < -0.39 is 12.5 Å². The zero-order valence-electron chi connectivity index (χ0n) is 8.58. The molecule has 0 aromatic heterocycles. The van der Waals surface area contributed by atoms with Crippen LogP contribution < -0.4 is 5.32 Å². The molecule has 0 amide bonds. The zero-order valence-corrected chi connectivity index (χ0v) is 8.58. The maximum absolute atomic E-state index is 13.5. The van der Waals surface area contributed by atoms with Crippen molar-refractivity contribution in [1.29, 1.82) is 0 Å². The number of benzene rings is 1. The smallest absolute Gasteiger partial charge is 0.285 e. The molecule has 0 saturated carbocycles. The Labute approximate surface area is 87.9 Å². The topological polar surface area (TPSA) is 32.3 Å². The Kier molecular flexibility index (Phi) is 4.17. The highest BCUT2D eigenvalue weighted by atomic mass is 19.3. The monoisotopic (exact) mass is 215 g/mol. The molecule has 0 spiro atoms. The van der Waals surface area contributed by atoms with Crippen LogP contribution in [-0.4, -0.2) is 24.3 Å². The van der Waals surface area contributed by atoms with Gasteiger partial charge in [-0.05, 0) is 6.92 Å². The highest BCUT2D eigenvalue weighted by Crippen LogP contribution is 2.26. The third-order valence-corrected chi connectivity index (χ3v) is 2.14. The molecule has 0 bridgehead atoms. The molecular weight excluding hydrogens is 200 g/mol. The van der Waals surface area contributed by atoms with Crippen molar-refractivity contribution in [2.24, 2.45) is 0 Å². The van der Waals surface area contributed by atoms with Crippen molar-refractivity contribution in [2.45, 2.75) is 18.9 Å². The Bertz CT molecular complexity index is 290. The number of hydrogen-bond donors (Lipinski definition) is 2. The Morgan fingerprint density at radius 1 is 1.33 bits per heavy atom. The molecule has 84 valence electrons. The minimum atomic E-state index is -2.90. The summed E-state index contributed by atoms with van der Waals surface area (Å²) in [5.41, 5.74) is -0.0114. The van der Waals surface area contributed by atoms with Gasteiger partial charge in [0.1, 0.15) is 0 Å². The summed E-state index contributed by atoms with van der Waals surface area (Å²) in [5.74, 6) is -2.90. The average Bonchev–Trinajstić information content (AvgIpc) is 2.27. The van der Waals surface area contributed by atoms with E-state index in [2.05, 4.69) is 5.32 Å². The third-order valence-electron chi connectivity index (χ3n) is 2.14. The predicted molar refractivity (Wildman–Crippen MR) is 54.9 cm³/mol. The van der Waals surface area contributed by atoms with Crippen LogP contribution in [0.15, 0.2) is 30.3 Å². The van der Waals surface area contributed by atoms with Gasteiger partial charge in [0.25, 0.3) is 5.92 Å². The van der Waals surface area contributed by atoms with Gasteiger partial charge < -0.3 is 10.4 Å². The minimum Gasteiger partial charge on any atom is -0.395 e. The van der Waals surface area contributed by atoms with Crippen LogP contribution in [-0.2, 0) is 5.92 Å². The Morgan fingerprint density at radius 2 is 1.93 bits per heavy atom. The normalized spacial score (nSPS) is 13.9. The Morgan fingerprint density at radius 3 is 2.47 bits per heavy atom. The molecule has 0 fully saturated rings. The summed E-state index contributed by atoms with van der Waals surface area (Å²) in [4.78, 5) is 0. The fraction of sp³-hybridized carbons (Fsp3) is 0.455. The number of aliphatic hydroxyl groups is 1. The van der Waals surface area contributed by atoms with Gasteiger partial charge in [-0.1, -0.05) is 30.3 Å². The van der Waals surface area contributed by atoms with Gasteiger partial charge in [-0.25, -0.2) is 0 Å². The van der Waals surface area contributed by atoms with Gasteiger partial charge in [0.2, 0.25) is 0 Å². The van der Waals surface area contributed by atoms with Gasteiger partial charge >= 0.3 is 0 Å². The highest BCUT2D eigenvalue weighted by molar-refractivity contribution is 5.20. The van der Waals surface area contributed by atoms with Crippen molar-refractivity contribution < 1.29 is 13.9 Å². The van der Waals surface area contributed by atoms with E-state index in [0.717, 1.165) is 0 Å². The summed E-state index contributed by atoms with van der Waals surface area (Å²) in [6, 6.07) is 7.33. The number of nitrogens with one attached hydrogen (secondary N) is 1. The van der Waals surface area contributed by atoms with Crippen LogP contribution in [0.5, 0.6) is 0 Å². The second kappa shape index (κ2) is 5.19. The van der Waals surface area contributed by atoms with Gasteiger partial charge in [0, 0.05) is 11.6 Å². The summed E-state index contributed by atoms with van der Waals surface area (Å²) < 4.78 is 27.0. The molecule has 2 nitrogen and oxygen atoms in total. The van der Waals surface area contributed by atoms with Crippen LogP contribution in [0.2, 0.25) is 0 Å². The maximum Gasteiger partial charge on any atom is 0.285 e. The van der Waals surface area contributed by atoms with E-state index in [1.807, 2.05) is 0 Å². The molecule has 15 heavy (non-hydrogen) atoms. The fourth-order valence-corrected chi connectivity index (χ4v) is 1.15. The quantitative estimate of drug-likeness (QED) is 0.784. The summed E-state index contributed by atoms with van der Waals surface area (Å²) in [6.07, 6.45) is 0. The lowest BCUT2D eigenvalue weighted by atomic mass is 10.1. The standard InChI is InChI=1S/C11H15F2NO/c1-9(7-15)14-8-11(12,13)10-5-3-2-4-6-10/h2-6,9,14-15H,7-8H2,1H3. The summed E-state index contributed by atoms with van der Waals surface area (Å²) in [6.45, 7) is 1.05. The van der Waals surface area contributed by atoms with Gasteiger partial charge in [0.05, 0.1) is 13.2 Å². The van der Waals surface area contributed by atoms with Crippen LogP contribution in [0.4, 0.5) is 8.78 Å². The molecule has 0 aliphatic carbocycles. The van der Waals surface area contributed by atoms with E-state index in [0.29, 0.717) is 0 Å². The SMILES string of the molecule is CC(CO)NCC(F)(F)c1ccccc1. The molecule has 0 saturated heterocycles. The molecule has 0 aliphatic heterocycles. The molecule has 1 unspecified atom stereocenters. The maximum atomic E-state index is 13.5. The first-order chi connectivity index (χ1) is 7.06. The number of hydrogen-bond acceptors (Lipinski definition) is 2. The molecule has 1 aromatic rings. The summed E-state index contributed by atoms with van der Waals surface area (Å²) in [7, 11) is 0. The molecule has 0 aliphatic rings. The molecule has 1 aromatic carbocycles. The zero-order chi connectivity index (χ0) is 11.3. The van der Waals surface area contributed by atoms with Crippen molar-refractivity contribution >= 4 is 0 Å². The first-order valence-electron chi connectivity index (χ1n) is 4.84. The van der Waals surface area contributed by atoms with Crippen molar-refractivity contribution in [3.05, 3.63) is 35.9 Å². The first kappa shape index (κ1) is 12.1. The van der Waals surface area contributed by atoms with Crippen LogP contribution in [0, 0.1) is 0 Å². The first-order valence-corrected chi connectivity index (χ1v) is 4.84. The lowest BCUT2D eigenvalue weighted by Crippen LogP contribution is -2.38. The number of aliphatic hydroxyl groups excluding tert-OH is 1. The van der Waals surface area contributed by atoms with Crippen LogP contribution >= 0.6 is 0 Å². The van der Waals surface area contributed by atoms with E-state index >= 15 is 0 Å². The molecular formula is C11H15F2NO. The van der Waals surface area contributed by atoms with Crippen LogP contribution in [0.3, 0.4) is 0 Å². The molecule has 0 heterocycles. The molecule has 1 atom stereocenters. The van der Waals surface area contributed by atoms with Gasteiger partial charge in [-0.3, -0.25) is 0 Å². The average molecular weight is 215 g/mol. The molecule has 0 radical (unpaired) electrons. The lowest BCUT2D eigenvalue weighted by molar-refractivity contribution is -0.00674. The molecule has 2 N–H and O–H groups in total. The van der Waals surface area contributed by atoms with Gasteiger partial charge in [-0.15, -0.1) is 0 Å². The van der Waals surface area contributed by atoms with Crippen molar-refractivity contribution in [1.82, 2.24) is 5.32 Å². The van der Waals surface area contributed by atoms with E-state index in [9.17, 15) is 8.78 Å². The van der Waals surface area contributed by atoms with Crippen LogP contribution in [0.25, 0.3) is 0 Å². The van der Waals surface area contributed by atoms with E-state index in [1.165, 1.54) is 12.1 Å². The summed E-state index contributed by atoms with van der Waals surface area (Å²) in [5, 5.41) is 11.3. The molecule has 1 rings (SSSR count). The van der Waals surface area contributed by atoms with E-state index in [1.54, 1.807) is 25.1 Å². The number of halogens is 2. The van der Waals surface area contributed by atoms with Gasteiger partial charge in [0.15, 0.2) is 0 Å². The largest absolute Gasteiger partial charge is 0.395 e. The van der Waals surface area contributed by atoms with E-state index in [-0.39, 0.29) is 18.2 Å². The number of rotatable bonds is 5. The summed E-state index contributed by atoms with van der Waals surface area (Å²) >= 11 is 0. The number of alkyl halides is 2. The Hall–Kier alpha value is -1.00. The predicted octanol–water partition coefficient (Wildman–Crippen LogP) is 1.75. The third kappa shape index (κ3) is 3.57. The second-order valence-corrected chi connectivity index (χ2v) is 3.53. The van der Waals surface area contributed by atoms with Crippen molar-refractivity contribution in [3.63, 3.8) is 0 Å².